The van der Waals surface area contributed by atoms with E-state index in [4.69, 9.17) is 17.2 Å². The summed E-state index contributed by atoms with van der Waals surface area (Å²) in [5, 5.41) is 5.61. The van der Waals surface area contributed by atoms with E-state index >= 15 is 0 Å². The number of hydrogen-bond acceptors (Lipinski definition) is 0. The molecule has 0 saturated heterocycles. The summed E-state index contributed by atoms with van der Waals surface area (Å²) in [6.45, 7) is 15.5. The van der Waals surface area contributed by atoms with Crippen LogP contribution in [0.3, 0.4) is 0 Å². The smallest absolute Gasteiger partial charge is 0.0308 e. The summed E-state index contributed by atoms with van der Waals surface area (Å²) in [6, 6.07) is 23.5. The van der Waals surface area contributed by atoms with Crippen LogP contribution in [0.15, 0.2) is 60.7 Å². The SMILES string of the molecule is CCCCC[Si]=[Hf]([Cl])[Cl].Cc1cc2c(C(C)C)cccc2[cH-]1.Cc1cc2c(C(C)C)cccc2[cH-]1. The van der Waals surface area contributed by atoms with Crippen molar-refractivity contribution in [3.8, 4) is 0 Å². The molecule has 0 bridgehead atoms. The maximum atomic E-state index is 5.75. The fraction of sp³-hybridized carbons (Fsp3) is 0.419. The molecule has 0 N–H and O–H groups in total. The zero-order valence-electron chi connectivity index (χ0n) is 22.5. The minimum absolute atomic E-state index is 0.616. The Morgan fingerprint density at radius 2 is 1.23 bits per heavy atom. The fourth-order valence-corrected chi connectivity index (χ4v) is 13.6. The van der Waals surface area contributed by atoms with E-state index in [2.05, 4.69) is 109 Å². The van der Waals surface area contributed by atoms with Gasteiger partial charge in [0.2, 0.25) is 0 Å². The van der Waals surface area contributed by atoms with Gasteiger partial charge in [-0.05, 0) is 11.8 Å². The Morgan fingerprint density at radius 1 is 0.771 bits per heavy atom. The molecule has 4 aromatic rings. The summed E-state index contributed by atoms with van der Waals surface area (Å²) in [5.74, 6) is 1.23. The van der Waals surface area contributed by atoms with Crippen LogP contribution in [0.5, 0.6) is 0 Å². The van der Waals surface area contributed by atoms with Gasteiger partial charge >= 0.3 is 73.3 Å². The van der Waals surface area contributed by atoms with Crippen molar-refractivity contribution in [2.24, 2.45) is 0 Å². The van der Waals surface area contributed by atoms with Gasteiger partial charge in [0.15, 0.2) is 0 Å². The average Bonchev–Trinajstić information content (AvgIpc) is 3.37. The van der Waals surface area contributed by atoms with Crippen LogP contribution in [0.2, 0.25) is 6.04 Å². The van der Waals surface area contributed by atoms with Gasteiger partial charge in [0.25, 0.3) is 0 Å². The molecule has 0 aliphatic rings. The molecule has 0 aliphatic carbocycles. The number of halogens is 2. The Balaban J connectivity index is 0.000000190. The Hall–Kier alpha value is -0.673. The third-order valence-corrected chi connectivity index (χ3v) is 19.1. The van der Waals surface area contributed by atoms with Gasteiger partial charge in [-0.1, -0.05) is 64.8 Å². The van der Waals surface area contributed by atoms with E-state index in [1.165, 1.54) is 69.1 Å². The van der Waals surface area contributed by atoms with Crippen LogP contribution < -0.4 is 0 Å². The number of aryl methyl sites for hydroxylation is 2. The largest absolute Gasteiger partial charge is 0.165 e. The van der Waals surface area contributed by atoms with Gasteiger partial charge in [-0.3, -0.25) is 0 Å². The molecule has 0 unspecified atom stereocenters. The number of benzene rings is 2. The van der Waals surface area contributed by atoms with Crippen LogP contribution >= 0.6 is 17.2 Å². The molecule has 189 valence electrons. The van der Waals surface area contributed by atoms with Gasteiger partial charge in [-0.15, -0.1) is 69.1 Å². The van der Waals surface area contributed by atoms with E-state index in [-0.39, 0.29) is 0 Å². The molecule has 4 rings (SSSR count). The predicted molar refractivity (Wildman–Crippen MR) is 159 cm³/mol. The number of fused-ring (bicyclic) bond motifs is 2. The van der Waals surface area contributed by atoms with Crippen molar-refractivity contribution in [3.63, 3.8) is 0 Å². The Kier molecular flexibility index (Phi) is 13.6. The molecule has 35 heavy (non-hydrogen) atoms. The van der Waals surface area contributed by atoms with E-state index in [1.54, 1.807) is 0 Å². The van der Waals surface area contributed by atoms with Crippen molar-refractivity contribution < 1.29 is 17.7 Å². The first-order chi connectivity index (χ1) is 16.6. The van der Waals surface area contributed by atoms with Gasteiger partial charge in [-0.25, -0.2) is 0 Å². The van der Waals surface area contributed by atoms with Gasteiger partial charge < -0.3 is 0 Å². The molecule has 0 aliphatic heterocycles. The van der Waals surface area contributed by atoms with Gasteiger partial charge in [-0.2, -0.15) is 12.1 Å². The van der Waals surface area contributed by atoms with Gasteiger partial charge in [0.1, 0.15) is 0 Å². The molecular weight excluding hydrogens is 650 g/mol. The maximum Gasteiger partial charge on any atom is -0.0308 e. The normalized spacial score (nSPS) is 10.8. The van der Waals surface area contributed by atoms with E-state index in [9.17, 15) is 0 Å². The van der Waals surface area contributed by atoms with Crippen LogP contribution in [-0.2, 0) is 17.7 Å². The van der Waals surface area contributed by atoms with Gasteiger partial charge in [0, 0.05) is 0 Å². The average molecular weight is 691 g/mol. The minimum Gasteiger partial charge on any atom is -0.165 e. The maximum absolute atomic E-state index is 5.75. The first-order valence-corrected chi connectivity index (χ1v) is 28.4. The number of unbranched alkanes of at least 4 members (excludes halogenated alkanes) is 2. The molecule has 1 radical (unpaired) electrons. The second kappa shape index (κ2) is 15.5. The third kappa shape index (κ3) is 9.95. The second-order valence-electron chi connectivity index (χ2n) is 9.97. The predicted octanol–water partition coefficient (Wildman–Crippen LogP) is 11.1. The molecule has 4 heteroatoms. The summed E-state index contributed by atoms with van der Waals surface area (Å²) in [6.07, 6.45) is 4.93. The monoisotopic (exact) mass is 691 g/mol. The molecule has 0 atom stereocenters. The molecule has 0 spiro atoms. The van der Waals surface area contributed by atoms with E-state index in [0.29, 0.717) is 11.8 Å². The van der Waals surface area contributed by atoms with Crippen molar-refractivity contribution in [2.75, 3.05) is 0 Å². The van der Waals surface area contributed by atoms with E-state index in [1.807, 2.05) is 0 Å². The quantitative estimate of drug-likeness (QED) is 0.107. The molecule has 0 nitrogen and oxygen atoms in total. The minimum atomic E-state index is -1.84. The topological polar surface area (TPSA) is 0 Å². The molecule has 0 aromatic heterocycles. The first kappa shape index (κ1) is 30.6. The van der Waals surface area contributed by atoms with Crippen molar-refractivity contribution >= 4 is 44.9 Å². The van der Waals surface area contributed by atoms with Crippen LogP contribution in [0, 0.1) is 13.8 Å². The first-order valence-electron chi connectivity index (χ1n) is 12.9. The third-order valence-electron chi connectivity index (χ3n) is 6.14. The Labute approximate surface area is 229 Å². The van der Waals surface area contributed by atoms with E-state index < -0.39 is 17.7 Å². The Bertz CT molecular complexity index is 1130. The molecular formula is C31H41Cl2HfSi-2. The summed E-state index contributed by atoms with van der Waals surface area (Å²) in [4.78, 5) is 0. The fourth-order valence-electron chi connectivity index (χ4n) is 4.38. The Morgan fingerprint density at radius 3 is 1.60 bits per heavy atom. The summed E-state index contributed by atoms with van der Waals surface area (Å²) in [5.41, 5.74) is 5.66. The number of hydrogen-bond donors (Lipinski definition) is 0. The zero-order chi connectivity index (χ0) is 26.0. The van der Waals surface area contributed by atoms with Crippen molar-refractivity contribution in [1.82, 2.24) is 0 Å². The number of rotatable bonds is 6. The van der Waals surface area contributed by atoms with Crippen LogP contribution in [0.1, 0.15) is 88.0 Å². The van der Waals surface area contributed by atoms with Crippen LogP contribution in [0.4, 0.5) is 0 Å². The van der Waals surface area contributed by atoms with Crippen LogP contribution in [0.25, 0.3) is 21.5 Å². The second-order valence-corrected chi connectivity index (χ2v) is 33.6. The van der Waals surface area contributed by atoms with Crippen molar-refractivity contribution in [1.29, 1.82) is 0 Å². The van der Waals surface area contributed by atoms with Crippen LogP contribution in [-0.4, -0.2) is 6.22 Å². The van der Waals surface area contributed by atoms with E-state index in [0.717, 1.165) is 6.22 Å². The molecule has 0 fully saturated rings. The summed E-state index contributed by atoms with van der Waals surface area (Å²) >= 11 is -1.84. The van der Waals surface area contributed by atoms with Gasteiger partial charge in [0.05, 0.1) is 0 Å². The zero-order valence-corrected chi connectivity index (χ0v) is 28.6. The van der Waals surface area contributed by atoms with Crippen molar-refractivity contribution in [2.45, 2.75) is 85.6 Å². The molecule has 0 amide bonds. The molecule has 0 saturated carbocycles. The summed E-state index contributed by atoms with van der Waals surface area (Å²) in [7, 11) is 11.5. The summed E-state index contributed by atoms with van der Waals surface area (Å²) < 4.78 is 0. The standard InChI is InChI=1S/2C13H15.C5H11Si.2ClH.Hf/c2*1-9(2)12-6-4-5-11-7-10(3)8-13(11)12;1-2-3-4-5-6;;;/h2*4-9H,1-3H3;2-5H2,1H3;2*1H;/q2*-1;;;;+2/p-2. The van der Waals surface area contributed by atoms with Crippen molar-refractivity contribution in [3.05, 3.63) is 82.9 Å². The molecule has 0 heterocycles. The molecule has 4 aromatic carbocycles.